The average molecular weight is 204 g/mol. The van der Waals surface area contributed by atoms with Gasteiger partial charge < -0.3 is 0 Å². The number of rotatable bonds is 4. The normalized spacial score (nSPS) is 31.9. The van der Waals surface area contributed by atoms with Crippen molar-refractivity contribution in [3.8, 4) is 0 Å². The number of carbonyl (C=O) groups is 1. The molecule has 0 saturated carbocycles. The topological polar surface area (TPSA) is 17.1 Å². The van der Waals surface area contributed by atoms with Crippen LogP contribution in [0.25, 0.3) is 0 Å². The van der Waals surface area contributed by atoms with Crippen molar-refractivity contribution < 1.29 is 10.3 Å². The first-order valence-electron chi connectivity index (χ1n) is 7.31. The standard InChI is InChI=1S/C14H16O/c15-14-10-9-13(11-14)8-4-7-12-5-2-1-3-6-12/h1-3,5-6,11H,4,7-10H2/i8D,9D,10D,11D. The summed E-state index contributed by atoms with van der Waals surface area (Å²) >= 11 is 0. The van der Waals surface area contributed by atoms with Gasteiger partial charge in [-0.3, -0.25) is 4.79 Å². The summed E-state index contributed by atoms with van der Waals surface area (Å²) in [5.41, 5.74) is 1.31. The Morgan fingerprint density at radius 3 is 2.80 bits per heavy atom. The quantitative estimate of drug-likeness (QED) is 0.735. The monoisotopic (exact) mass is 204 g/mol. The predicted octanol–water partition coefficient (Wildman–Crippen LogP) is 3.30. The summed E-state index contributed by atoms with van der Waals surface area (Å²) < 4.78 is 30.9. The van der Waals surface area contributed by atoms with Crippen LogP contribution in [0.1, 0.15) is 36.7 Å². The molecule has 2 rings (SSSR count). The third-order valence-electron chi connectivity index (χ3n) is 2.32. The molecule has 0 bridgehead atoms. The van der Waals surface area contributed by atoms with E-state index in [0.717, 1.165) is 5.56 Å². The first kappa shape index (κ1) is 6.26. The van der Waals surface area contributed by atoms with Gasteiger partial charge in [-0.15, -0.1) is 0 Å². The van der Waals surface area contributed by atoms with Crippen molar-refractivity contribution in [3.63, 3.8) is 0 Å². The van der Waals surface area contributed by atoms with Crippen LogP contribution in [0.4, 0.5) is 0 Å². The summed E-state index contributed by atoms with van der Waals surface area (Å²) in [6, 6.07) is 9.42. The average Bonchev–Trinajstić information content (AvgIpc) is 2.62. The first-order chi connectivity index (χ1) is 9.02. The van der Waals surface area contributed by atoms with Crippen LogP contribution in [0.5, 0.6) is 0 Å². The van der Waals surface area contributed by atoms with Crippen LogP contribution in [0.15, 0.2) is 42.0 Å². The van der Waals surface area contributed by atoms with Crippen LogP contribution >= 0.6 is 0 Å². The molecule has 1 heteroatoms. The van der Waals surface area contributed by atoms with Crippen LogP contribution in [0.2, 0.25) is 0 Å². The molecule has 0 fully saturated rings. The van der Waals surface area contributed by atoms with Gasteiger partial charge in [0.1, 0.15) is 0 Å². The van der Waals surface area contributed by atoms with E-state index in [-0.39, 0.29) is 11.6 Å². The van der Waals surface area contributed by atoms with Crippen LogP contribution in [-0.2, 0) is 11.2 Å². The van der Waals surface area contributed by atoms with Crippen molar-refractivity contribution in [1.82, 2.24) is 0 Å². The minimum Gasteiger partial charge on any atom is -0.295 e. The highest BCUT2D eigenvalue weighted by Gasteiger charge is 2.10. The van der Waals surface area contributed by atoms with Crippen molar-refractivity contribution in [2.45, 2.75) is 32.0 Å². The second-order valence-electron chi connectivity index (χ2n) is 3.51. The van der Waals surface area contributed by atoms with Crippen LogP contribution in [0, 0.1) is 0 Å². The highest BCUT2D eigenvalue weighted by atomic mass is 16.1. The van der Waals surface area contributed by atoms with Gasteiger partial charge in [0.15, 0.2) is 5.78 Å². The molecular formula is C14H16O. The molecule has 0 radical (unpaired) electrons. The van der Waals surface area contributed by atoms with E-state index in [9.17, 15) is 4.79 Å². The maximum absolute atomic E-state index is 11.5. The molecule has 1 aliphatic carbocycles. The molecule has 0 spiro atoms. The van der Waals surface area contributed by atoms with Gasteiger partial charge in [-0.05, 0) is 37.3 Å². The summed E-state index contributed by atoms with van der Waals surface area (Å²) in [6.07, 6.45) is -1.85. The fourth-order valence-electron chi connectivity index (χ4n) is 1.55. The van der Waals surface area contributed by atoms with Crippen molar-refractivity contribution in [2.24, 2.45) is 0 Å². The summed E-state index contributed by atoms with van der Waals surface area (Å²) in [5, 5.41) is 0. The van der Waals surface area contributed by atoms with Gasteiger partial charge in [-0.1, -0.05) is 35.9 Å². The molecule has 0 aliphatic heterocycles. The van der Waals surface area contributed by atoms with Crippen molar-refractivity contribution >= 4 is 5.78 Å². The van der Waals surface area contributed by atoms with Gasteiger partial charge in [0, 0.05) is 10.5 Å². The van der Waals surface area contributed by atoms with E-state index in [2.05, 4.69) is 0 Å². The Morgan fingerprint density at radius 1 is 1.33 bits per heavy atom. The fraction of sp³-hybridized carbons (Fsp3) is 0.357. The second-order valence-corrected chi connectivity index (χ2v) is 3.51. The second kappa shape index (κ2) is 4.92. The lowest BCUT2D eigenvalue weighted by molar-refractivity contribution is -0.114. The summed E-state index contributed by atoms with van der Waals surface area (Å²) in [4.78, 5) is 11.5. The van der Waals surface area contributed by atoms with Crippen LogP contribution < -0.4 is 0 Å². The minimum atomic E-state index is -1.22. The Hall–Kier alpha value is -1.37. The molecule has 0 amide bonds. The third-order valence-corrected chi connectivity index (χ3v) is 2.32. The number of aryl methyl sites for hydroxylation is 1. The Kier molecular flexibility index (Phi) is 2.06. The molecule has 15 heavy (non-hydrogen) atoms. The van der Waals surface area contributed by atoms with Gasteiger partial charge in [-0.2, -0.15) is 0 Å². The summed E-state index contributed by atoms with van der Waals surface area (Å²) in [6.45, 7) is 0. The Labute approximate surface area is 96.4 Å². The van der Waals surface area contributed by atoms with E-state index >= 15 is 0 Å². The molecule has 0 N–H and O–H groups in total. The SMILES string of the molecule is [2H]C1=C(C([2H])CCc2ccccc2)C([2H])C([2H])C1=O. The van der Waals surface area contributed by atoms with E-state index in [4.69, 9.17) is 5.48 Å². The van der Waals surface area contributed by atoms with E-state index in [0.29, 0.717) is 12.8 Å². The Balaban J connectivity index is 2.04. The van der Waals surface area contributed by atoms with Gasteiger partial charge in [0.05, 0.1) is 1.37 Å². The molecule has 0 aromatic heterocycles. The van der Waals surface area contributed by atoms with Crippen molar-refractivity contribution in [2.75, 3.05) is 0 Å². The molecule has 1 aromatic carbocycles. The number of ketones is 1. The lowest BCUT2D eigenvalue weighted by Gasteiger charge is -2.01. The fourth-order valence-corrected chi connectivity index (χ4v) is 1.55. The highest BCUT2D eigenvalue weighted by molar-refractivity contribution is 5.92. The summed E-state index contributed by atoms with van der Waals surface area (Å²) in [5.74, 6) is -0.619. The number of carbonyl (C=O) groups excluding carboxylic acids is 1. The lowest BCUT2D eigenvalue weighted by Crippen LogP contribution is -1.86. The molecule has 1 aliphatic rings. The molecular weight excluding hydrogens is 184 g/mol. The maximum Gasteiger partial charge on any atom is 0.155 e. The van der Waals surface area contributed by atoms with Crippen LogP contribution in [-0.4, -0.2) is 5.78 Å². The van der Waals surface area contributed by atoms with Gasteiger partial charge in [-0.25, -0.2) is 0 Å². The zero-order chi connectivity index (χ0) is 14.0. The molecule has 3 unspecified atom stereocenters. The first-order valence-corrected chi connectivity index (χ1v) is 5.08. The number of benzene rings is 1. The smallest absolute Gasteiger partial charge is 0.155 e. The van der Waals surface area contributed by atoms with Crippen molar-refractivity contribution in [1.29, 1.82) is 0 Å². The molecule has 3 atom stereocenters. The molecule has 0 heterocycles. The van der Waals surface area contributed by atoms with Crippen LogP contribution in [0.3, 0.4) is 0 Å². The number of allylic oxidation sites excluding steroid dienone is 2. The number of hydrogen-bond donors (Lipinski definition) is 0. The zero-order valence-electron chi connectivity index (χ0n) is 12.4. The molecule has 1 aromatic rings. The van der Waals surface area contributed by atoms with Gasteiger partial charge in [0.2, 0.25) is 0 Å². The maximum atomic E-state index is 11.5. The predicted molar refractivity (Wildman–Crippen MR) is 61.7 cm³/mol. The Bertz CT molecular complexity index is 497. The van der Waals surface area contributed by atoms with E-state index in [1.807, 2.05) is 30.3 Å². The van der Waals surface area contributed by atoms with E-state index < -0.39 is 25.0 Å². The summed E-state index contributed by atoms with van der Waals surface area (Å²) in [7, 11) is 0. The molecule has 0 saturated heterocycles. The van der Waals surface area contributed by atoms with Crippen molar-refractivity contribution in [3.05, 3.63) is 47.5 Å². The third kappa shape index (κ3) is 3.05. The molecule has 78 valence electrons. The lowest BCUT2D eigenvalue weighted by atomic mass is 10.0. The van der Waals surface area contributed by atoms with Gasteiger partial charge in [0.25, 0.3) is 0 Å². The highest BCUT2D eigenvalue weighted by Crippen LogP contribution is 2.20. The largest absolute Gasteiger partial charge is 0.295 e. The van der Waals surface area contributed by atoms with E-state index in [1.165, 1.54) is 0 Å². The number of hydrogen-bond acceptors (Lipinski definition) is 1. The molecule has 1 nitrogen and oxygen atoms in total. The minimum absolute atomic E-state index is 0.209. The van der Waals surface area contributed by atoms with E-state index in [1.54, 1.807) is 0 Å². The zero-order valence-corrected chi connectivity index (χ0v) is 8.44. The Morgan fingerprint density at radius 2 is 2.13 bits per heavy atom. The van der Waals surface area contributed by atoms with Gasteiger partial charge >= 0.3 is 0 Å².